The second-order valence-electron chi connectivity index (χ2n) is 2.23. The zero-order valence-electron chi connectivity index (χ0n) is 5.87. The Morgan fingerprint density at radius 1 is 1.42 bits per heavy atom. The minimum absolute atomic E-state index is 0.139. The zero-order chi connectivity index (χ0) is 8.55. The first-order chi connectivity index (χ1) is 5.83. The third-order valence-electron chi connectivity index (χ3n) is 1.55. The molecule has 5 heteroatoms. The number of hydrogen-bond acceptors (Lipinski definition) is 2. The molecular weight excluding hydrogens is 243 g/mol. The van der Waals surface area contributed by atoms with Gasteiger partial charge in [0.2, 0.25) is 0 Å². The van der Waals surface area contributed by atoms with Crippen molar-refractivity contribution < 1.29 is 3.89 Å². The van der Waals surface area contributed by atoms with Crippen molar-refractivity contribution in [1.29, 1.82) is 0 Å². The standard InChI is InChI=1S/C7H4BrFN2S/c8-7-10-5-3-1-2-4-6(5)11(7)12-9/h1-4H. The third-order valence-corrected chi connectivity index (χ3v) is 2.82. The summed E-state index contributed by atoms with van der Waals surface area (Å²) in [6.45, 7) is 0. The van der Waals surface area contributed by atoms with Crippen molar-refractivity contribution in [2.75, 3.05) is 0 Å². The first-order valence-corrected chi connectivity index (χ1v) is 4.71. The molecule has 1 aromatic carbocycles. The molecule has 0 aliphatic rings. The summed E-state index contributed by atoms with van der Waals surface area (Å²) in [7, 11) is 0. The lowest BCUT2D eigenvalue weighted by Gasteiger charge is -1.93. The van der Waals surface area contributed by atoms with E-state index in [4.69, 9.17) is 0 Å². The van der Waals surface area contributed by atoms with E-state index in [-0.39, 0.29) is 12.3 Å². The SMILES string of the molecule is FSn1c(Br)nc2ccccc21. The molecule has 2 aromatic rings. The molecule has 1 heterocycles. The van der Waals surface area contributed by atoms with Crippen molar-refractivity contribution in [3.63, 3.8) is 0 Å². The Bertz CT molecular complexity index is 415. The molecule has 0 bridgehead atoms. The van der Waals surface area contributed by atoms with E-state index in [0.717, 1.165) is 11.0 Å². The quantitative estimate of drug-likeness (QED) is 0.770. The number of benzene rings is 1. The van der Waals surface area contributed by atoms with Gasteiger partial charge in [-0.25, -0.2) is 8.96 Å². The molecule has 0 aliphatic carbocycles. The third kappa shape index (κ3) is 1.13. The Kier molecular flexibility index (Phi) is 2.06. The molecule has 12 heavy (non-hydrogen) atoms. The lowest BCUT2D eigenvalue weighted by Crippen LogP contribution is -1.81. The summed E-state index contributed by atoms with van der Waals surface area (Å²) < 4.78 is 14.2. The predicted octanol–water partition coefficient (Wildman–Crippen LogP) is 3.18. The van der Waals surface area contributed by atoms with Gasteiger partial charge in [-0.3, -0.25) is 0 Å². The molecule has 0 spiro atoms. The van der Waals surface area contributed by atoms with Crippen LogP contribution in [0.5, 0.6) is 0 Å². The van der Waals surface area contributed by atoms with Crippen LogP contribution in [0.4, 0.5) is 3.89 Å². The highest BCUT2D eigenvalue weighted by Crippen LogP contribution is 2.25. The number of para-hydroxylation sites is 2. The number of nitrogens with zero attached hydrogens (tertiary/aromatic N) is 2. The Morgan fingerprint density at radius 2 is 2.17 bits per heavy atom. The molecular formula is C7H4BrFN2S. The Morgan fingerprint density at radius 3 is 2.92 bits per heavy atom. The normalized spacial score (nSPS) is 10.8. The summed E-state index contributed by atoms with van der Waals surface area (Å²) in [5.74, 6) is 0. The molecule has 2 rings (SSSR count). The van der Waals surface area contributed by atoms with Gasteiger partial charge >= 0.3 is 0 Å². The highest BCUT2D eigenvalue weighted by atomic mass is 79.9. The molecule has 0 unspecified atom stereocenters. The Hall–Kier alpha value is -0.550. The smallest absolute Gasteiger partial charge is 0.190 e. The van der Waals surface area contributed by atoms with Gasteiger partial charge in [0.15, 0.2) is 17.1 Å². The topological polar surface area (TPSA) is 17.8 Å². The van der Waals surface area contributed by atoms with Gasteiger partial charge in [-0.15, -0.1) is 3.89 Å². The summed E-state index contributed by atoms with van der Waals surface area (Å²) in [6.07, 6.45) is 0. The molecule has 1 aromatic heterocycles. The van der Waals surface area contributed by atoms with Gasteiger partial charge in [0.05, 0.1) is 11.0 Å². The van der Waals surface area contributed by atoms with E-state index in [2.05, 4.69) is 20.9 Å². The number of hydrogen-bond donors (Lipinski definition) is 0. The van der Waals surface area contributed by atoms with E-state index in [1.54, 1.807) is 0 Å². The first-order valence-electron chi connectivity index (χ1n) is 3.25. The summed E-state index contributed by atoms with van der Waals surface area (Å²) in [5, 5.41) is 0. The van der Waals surface area contributed by atoms with Crippen LogP contribution >= 0.6 is 28.3 Å². The maximum Gasteiger partial charge on any atom is 0.190 e. The van der Waals surface area contributed by atoms with Gasteiger partial charge in [0, 0.05) is 0 Å². The maximum absolute atomic E-state index is 12.4. The van der Waals surface area contributed by atoms with Gasteiger partial charge in [-0.05, 0) is 28.1 Å². The van der Waals surface area contributed by atoms with Crippen LogP contribution in [0.25, 0.3) is 11.0 Å². The van der Waals surface area contributed by atoms with E-state index >= 15 is 0 Å². The monoisotopic (exact) mass is 246 g/mol. The van der Waals surface area contributed by atoms with Crippen molar-refractivity contribution in [3.05, 3.63) is 29.0 Å². The number of aromatic nitrogens is 2. The van der Waals surface area contributed by atoms with Crippen molar-refractivity contribution in [1.82, 2.24) is 8.96 Å². The molecule has 0 saturated heterocycles. The van der Waals surface area contributed by atoms with E-state index in [1.807, 2.05) is 24.3 Å². The largest absolute Gasteiger partial charge is 0.232 e. The minimum atomic E-state index is 0.139. The van der Waals surface area contributed by atoms with E-state index in [1.165, 1.54) is 3.97 Å². The van der Waals surface area contributed by atoms with Crippen LogP contribution in [0.1, 0.15) is 0 Å². The fraction of sp³-hybridized carbons (Fsp3) is 0. The number of fused-ring (bicyclic) bond motifs is 1. The number of halogens is 2. The van der Waals surface area contributed by atoms with Gasteiger partial charge in [0.25, 0.3) is 0 Å². The zero-order valence-corrected chi connectivity index (χ0v) is 8.27. The van der Waals surface area contributed by atoms with Crippen molar-refractivity contribution >= 4 is 39.3 Å². The van der Waals surface area contributed by atoms with Crippen molar-refractivity contribution in [3.8, 4) is 0 Å². The molecule has 2 nitrogen and oxygen atoms in total. The predicted molar refractivity (Wildman–Crippen MR) is 51.5 cm³/mol. The average molecular weight is 247 g/mol. The van der Waals surface area contributed by atoms with Gasteiger partial charge in [0.1, 0.15) is 0 Å². The van der Waals surface area contributed by atoms with Gasteiger partial charge in [-0.1, -0.05) is 12.1 Å². The average Bonchev–Trinajstić information content (AvgIpc) is 2.40. The fourth-order valence-electron chi connectivity index (χ4n) is 1.04. The van der Waals surface area contributed by atoms with Crippen LogP contribution in [0.3, 0.4) is 0 Å². The van der Waals surface area contributed by atoms with E-state index < -0.39 is 0 Å². The van der Waals surface area contributed by atoms with Crippen LogP contribution in [0, 0.1) is 0 Å². The molecule has 62 valence electrons. The van der Waals surface area contributed by atoms with E-state index in [0.29, 0.717) is 4.73 Å². The van der Waals surface area contributed by atoms with Crippen LogP contribution in [-0.2, 0) is 0 Å². The van der Waals surface area contributed by atoms with Gasteiger partial charge < -0.3 is 0 Å². The van der Waals surface area contributed by atoms with Crippen LogP contribution in [0.15, 0.2) is 29.0 Å². The summed E-state index contributed by atoms with van der Waals surface area (Å²) in [6, 6.07) is 7.38. The van der Waals surface area contributed by atoms with E-state index in [9.17, 15) is 3.89 Å². The van der Waals surface area contributed by atoms with Crippen LogP contribution in [0.2, 0.25) is 0 Å². The molecule has 0 amide bonds. The number of imidazole rings is 1. The lowest BCUT2D eigenvalue weighted by molar-refractivity contribution is 0.915. The maximum atomic E-state index is 12.4. The highest BCUT2D eigenvalue weighted by molar-refractivity contribution is 9.10. The molecule has 0 radical (unpaired) electrons. The second-order valence-corrected chi connectivity index (χ2v) is 3.45. The van der Waals surface area contributed by atoms with Crippen molar-refractivity contribution in [2.24, 2.45) is 0 Å². The molecule has 0 atom stereocenters. The van der Waals surface area contributed by atoms with Crippen molar-refractivity contribution in [2.45, 2.75) is 0 Å². The number of rotatable bonds is 1. The summed E-state index contributed by atoms with van der Waals surface area (Å²) in [4.78, 5) is 4.10. The lowest BCUT2D eigenvalue weighted by atomic mass is 10.3. The molecule has 0 N–H and O–H groups in total. The Balaban J connectivity index is 2.81. The fourth-order valence-corrected chi connectivity index (χ4v) is 1.91. The molecule has 0 saturated carbocycles. The minimum Gasteiger partial charge on any atom is -0.232 e. The van der Waals surface area contributed by atoms with Crippen LogP contribution in [-0.4, -0.2) is 8.96 Å². The molecule has 0 fully saturated rings. The van der Waals surface area contributed by atoms with Crippen LogP contribution < -0.4 is 0 Å². The highest BCUT2D eigenvalue weighted by Gasteiger charge is 2.07. The summed E-state index contributed by atoms with van der Waals surface area (Å²) >= 11 is 3.30. The molecule has 0 aliphatic heterocycles. The second kappa shape index (κ2) is 3.06. The Labute approximate surface area is 81.3 Å². The van der Waals surface area contributed by atoms with Gasteiger partial charge in [-0.2, -0.15) is 0 Å². The summed E-state index contributed by atoms with van der Waals surface area (Å²) in [5.41, 5.74) is 1.56. The first kappa shape index (κ1) is 8.07.